The molecule has 4 aromatic heterocycles. The molecule has 25 heavy (non-hydrogen) atoms. The van der Waals surface area contributed by atoms with Gasteiger partial charge in [-0.05, 0) is 29.8 Å². The average molecular weight is 346 g/mol. The summed E-state index contributed by atoms with van der Waals surface area (Å²) in [6, 6.07) is 12.3. The predicted molar refractivity (Wildman–Crippen MR) is 99.2 cm³/mol. The Labute approximate surface area is 147 Å². The molecule has 5 aromatic rings. The molecule has 0 amide bonds. The Morgan fingerprint density at radius 2 is 2.08 bits per heavy atom. The normalized spacial score (nSPS) is 11.5. The lowest BCUT2D eigenvalue weighted by Gasteiger charge is -2.05. The molecule has 6 nitrogen and oxygen atoms in total. The van der Waals surface area contributed by atoms with Gasteiger partial charge in [0, 0.05) is 43.0 Å². The van der Waals surface area contributed by atoms with Crippen molar-refractivity contribution in [3.8, 4) is 5.69 Å². The van der Waals surface area contributed by atoms with E-state index in [1.165, 1.54) is 16.9 Å². The zero-order valence-electron chi connectivity index (χ0n) is 13.2. The quantitative estimate of drug-likeness (QED) is 0.544. The van der Waals surface area contributed by atoms with E-state index >= 15 is 0 Å². The second-order valence-electron chi connectivity index (χ2n) is 5.84. The van der Waals surface area contributed by atoms with Crippen molar-refractivity contribution in [2.75, 3.05) is 5.73 Å². The number of fused-ring (bicyclic) bond motifs is 2. The maximum Gasteiger partial charge on any atom is 0.181 e. The van der Waals surface area contributed by atoms with Gasteiger partial charge in [0.05, 0.1) is 15.9 Å². The smallest absolute Gasteiger partial charge is 0.181 e. The van der Waals surface area contributed by atoms with Gasteiger partial charge in [-0.25, -0.2) is 14.6 Å². The molecule has 5 rings (SSSR count). The number of imidazole rings is 1. The van der Waals surface area contributed by atoms with E-state index in [0.29, 0.717) is 5.13 Å². The van der Waals surface area contributed by atoms with Gasteiger partial charge in [0.25, 0.3) is 0 Å². The van der Waals surface area contributed by atoms with Crippen molar-refractivity contribution in [2.24, 2.45) is 0 Å². The summed E-state index contributed by atoms with van der Waals surface area (Å²) < 4.78 is 5.05. The minimum absolute atomic E-state index is 0.605. The van der Waals surface area contributed by atoms with Gasteiger partial charge in [0.15, 0.2) is 5.13 Å². The zero-order chi connectivity index (χ0) is 16.8. The average Bonchev–Trinajstić information content (AvgIpc) is 3.33. The highest BCUT2D eigenvalue weighted by Crippen LogP contribution is 2.25. The highest BCUT2D eigenvalue weighted by molar-refractivity contribution is 7.22. The summed E-state index contributed by atoms with van der Waals surface area (Å²) in [5.74, 6) is 0. The maximum atomic E-state index is 5.79. The lowest BCUT2D eigenvalue weighted by molar-refractivity contribution is 0.875. The molecule has 4 heterocycles. The van der Waals surface area contributed by atoms with Gasteiger partial charge in [-0.15, -0.1) is 0 Å². The minimum atomic E-state index is 0.605. The molecule has 0 aliphatic rings. The van der Waals surface area contributed by atoms with E-state index in [4.69, 9.17) is 5.73 Å². The van der Waals surface area contributed by atoms with Crippen LogP contribution in [0.1, 0.15) is 11.3 Å². The van der Waals surface area contributed by atoms with E-state index in [-0.39, 0.29) is 0 Å². The lowest BCUT2D eigenvalue weighted by atomic mass is 10.1. The van der Waals surface area contributed by atoms with Crippen molar-refractivity contribution < 1.29 is 0 Å². The Bertz CT molecular complexity index is 1190. The zero-order valence-corrected chi connectivity index (χ0v) is 14.0. The number of nitrogen functional groups attached to an aromatic ring is 1. The molecule has 0 bridgehead atoms. The predicted octanol–water partition coefficient (Wildman–Crippen LogP) is 3.30. The number of nitrogens with zero attached hydrogens (tertiary/aromatic N) is 5. The summed E-state index contributed by atoms with van der Waals surface area (Å²) in [4.78, 5) is 8.85. The van der Waals surface area contributed by atoms with Crippen LogP contribution in [0.15, 0.2) is 61.2 Å². The van der Waals surface area contributed by atoms with E-state index in [1.54, 1.807) is 6.20 Å². The third kappa shape index (κ3) is 2.45. The van der Waals surface area contributed by atoms with Crippen LogP contribution in [-0.2, 0) is 6.42 Å². The molecule has 2 N–H and O–H groups in total. The van der Waals surface area contributed by atoms with Crippen LogP contribution in [0.2, 0.25) is 0 Å². The summed E-state index contributed by atoms with van der Waals surface area (Å²) in [5.41, 5.74) is 11.0. The van der Waals surface area contributed by atoms with Gasteiger partial charge < -0.3 is 10.1 Å². The van der Waals surface area contributed by atoms with Crippen LogP contribution >= 0.6 is 11.3 Å². The second kappa shape index (κ2) is 5.42. The fourth-order valence-corrected chi connectivity index (χ4v) is 3.82. The van der Waals surface area contributed by atoms with Gasteiger partial charge in [-0.1, -0.05) is 17.4 Å². The number of hydrogen-bond acceptors (Lipinski definition) is 5. The fraction of sp³-hybridized carbons (Fsp3) is 0.0556. The number of pyridine rings is 1. The van der Waals surface area contributed by atoms with Crippen LogP contribution in [0, 0.1) is 0 Å². The van der Waals surface area contributed by atoms with E-state index in [0.717, 1.165) is 33.7 Å². The topological polar surface area (TPSA) is 74.0 Å². The van der Waals surface area contributed by atoms with Crippen molar-refractivity contribution in [1.29, 1.82) is 0 Å². The molecule has 0 unspecified atom stereocenters. The number of rotatable bonds is 3. The molecular weight excluding hydrogens is 332 g/mol. The Morgan fingerprint density at radius 1 is 1.12 bits per heavy atom. The van der Waals surface area contributed by atoms with Crippen molar-refractivity contribution in [3.05, 3.63) is 72.4 Å². The first-order valence-corrected chi connectivity index (χ1v) is 8.69. The van der Waals surface area contributed by atoms with Crippen LogP contribution in [0.3, 0.4) is 0 Å². The largest absolute Gasteiger partial charge is 0.375 e. The molecule has 0 radical (unpaired) electrons. The van der Waals surface area contributed by atoms with Crippen LogP contribution in [-0.4, -0.2) is 24.1 Å². The summed E-state index contributed by atoms with van der Waals surface area (Å²) in [5, 5.41) is 4.87. The maximum absolute atomic E-state index is 5.79. The number of thiazole rings is 1. The summed E-state index contributed by atoms with van der Waals surface area (Å²) in [7, 11) is 0. The highest BCUT2D eigenvalue weighted by atomic mass is 32.1. The number of nitrogens with two attached hydrogens (primary N) is 1. The second-order valence-corrected chi connectivity index (χ2v) is 6.91. The molecule has 122 valence electrons. The van der Waals surface area contributed by atoms with E-state index in [1.807, 2.05) is 47.5 Å². The Balaban J connectivity index is 1.51. The van der Waals surface area contributed by atoms with Gasteiger partial charge in [-0.3, -0.25) is 0 Å². The molecule has 0 saturated carbocycles. The summed E-state index contributed by atoms with van der Waals surface area (Å²) in [6.07, 6.45) is 8.45. The number of hydrogen-bond donors (Lipinski definition) is 1. The first kappa shape index (κ1) is 14.2. The number of aromatic nitrogens is 5. The van der Waals surface area contributed by atoms with E-state index < -0.39 is 0 Å². The molecule has 0 spiro atoms. The Morgan fingerprint density at radius 3 is 2.96 bits per heavy atom. The minimum Gasteiger partial charge on any atom is -0.375 e. The molecule has 0 aliphatic carbocycles. The van der Waals surface area contributed by atoms with E-state index in [9.17, 15) is 0 Å². The molecule has 0 aliphatic heterocycles. The summed E-state index contributed by atoms with van der Waals surface area (Å²) in [6.45, 7) is 0. The monoisotopic (exact) mass is 346 g/mol. The Kier molecular flexibility index (Phi) is 3.07. The molecule has 0 atom stereocenters. The van der Waals surface area contributed by atoms with Crippen molar-refractivity contribution >= 4 is 32.3 Å². The third-order valence-corrected chi connectivity index (χ3v) is 5.04. The SMILES string of the molecule is Nc1nc2ccc(Cc3cnc4cc(-n5cccn5)ccn34)cc2s1. The fourth-order valence-electron chi connectivity index (χ4n) is 3.02. The van der Waals surface area contributed by atoms with Crippen LogP contribution in [0.4, 0.5) is 5.13 Å². The van der Waals surface area contributed by atoms with Crippen molar-refractivity contribution in [3.63, 3.8) is 0 Å². The highest BCUT2D eigenvalue weighted by Gasteiger charge is 2.08. The molecular formula is C18H14N6S. The van der Waals surface area contributed by atoms with Crippen molar-refractivity contribution in [1.82, 2.24) is 24.1 Å². The van der Waals surface area contributed by atoms with Crippen LogP contribution < -0.4 is 5.73 Å². The molecule has 0 fully saturated rings. The number of benzene rings is 1. The first-order chi connectivity index (χ1) is 12.3. The first-order valence-electron chi connectivity index (χ1n) is 7.87. The lowest BCUT2D eigenvalue weighted by Crippen LogP contribution is -1.98. The summed E-state index contributed by atoms with van der Waals surface area (Å²) >= 11 is 1.52. The third-order valence-electron chi connectivity index (χ3n) is 4.20. The van der Waals surface area contributed by atoms with Crippen molar-refractivity contribution in [2.45, 2.75) is 6.42 Å². The molecule has 7 heteroatoms. The standard InChI is InChI=1S/C18H14N6S/c19-18-22-15-3-2-12(9-16(15)25-18)8-14-11-20-17-10-13(4-7-23(14)17)24-6-1-5-21-24/h1-7,9-11H,8H2,(H2,19,22). The van der Waals surface area contributed by atoms with Crippen LogP contribution in [0.5, 0.6) is 0 Å². The van der Waals surface area contributed by atoms with Gasteiger partial charge in [-0.2, -0.15) is 5.10 Å². The van der Waals surface area contributed by atoms with Gasteiger partial charge >= 0.3 is 0 Å². The van der Waals surface area contributed by atoms with Gasteiger partial charge in [0.1, 0.15) is 5.65 Å². The van der Waals surface area contributed by atoms with Gasteiger partial charge in [0.2, 0.25) is 0 Å². The molecule has 1 aromatic carbocycles. The Hall–Kier alpha value is -3.19. The molecule has 0 saturated heterocycles. The van der Waals surface area contributed by atoms with E-state index in [2.05, 4.69) is 31.6 Å². The van der Waals surface area contributed by atoms with Crippen LogP contribution in [0.25, 0.3) is 21.6 Å². The number of anilines is 1.